The number of fused-ring (bicyclic) bond motifs is 1. The van der Waals surface area contributed by atoms with E-state index < -0.39 is 0 Å². The van der Waals surface area contributed by atoms with Crippen molar-refractivity contribution in [3.05, 3.63) is 60.9 Å². The number of anilines is 2. The van der Waals surface area contributed by atoms with Crippen molar-refractivity contribution in [1.82, 2.24) is 15.0 Å². The van der Waals surface area contributed by atoms with Crippen LogP contribution in [0.25, 0.3) is 22.2 Å². The molecule has 0 spiro atoms. The minimum atomic E-state index is 0.461. The second-order valence-electron chi connectivity index (χ2n) is 6.22. The Kier molecular flexibility index (Phi) is 5.11. The van der Waals surface area contributed by atoms with Gasteiger partial charge in [0.2, 0.25) is 11.7 Å². The Morgan fingerprint density at radius 1 is 0.793 bits per heavy atom. The van der Waals surface area contributed by atoms with Gasteiger partial charge in [0.1, 0.15) is 0 Å². The van der Waals surface area contributed by atoms with E-state index in [0.29, 0.717) is 23.2 Å². The lowest BCUT2D eigenvalue weighted by atomic mass is 10.1. The second-order valence-corrected chi connectivity index (χ2v) is 6.22. The highest BCUT2D eigenvalue weighted by Crippen LogP contribution is 2.40. The van der Waals surface area contributed by atoms with E-state index in [4.69, 9.17) is 14.2 Å². The number of hydrogen-bond acceptors (Lipinski definition) is 7. The van der Waals surface area contributed by atoms with Gasteiger partial charge in [-0.1, -0.05) is 12.1 Å². The molecule has 4 aromatic rings. The van der Waals surface area contributed by atoms with E-state index in [1.807, 2.05) is 30.3 Å². The number of pyridine rings is 1. The molecule has 2 aromatic heterocycles. The topological polar surface area (TPSA) is 78.4 Å². The first-order valence-corrected chi connectivity index (χ1v) is 8.97. The zero-order valence-corrected chi connectivity index (χ0v) is 16.3. The molecule has 0 unspecified atom stereocenters. The Bertz CT molecular complexity index is 1140. The Labute approximate surface area is 168 Å². The van der Waals surface area contributed by atoms with Crippen molar-refractivity contribution in [2.45, 2.75) is 0 Å². The van der Waals surface area contributed by atoms with Gasteiger partial charge in [-0.25, -0.2) is 9.97 Å². The standard InChI is InChI=1S/C22H20N4O3/c1-27-19-12-16(13-20(28-2)21(19)29-3)25-22-24-10-8-18(26-22)15-6-7-17-14(11-15)5-4-9-23-17/h4-13H,1-3H3,(H,24,25,26). The summed E-state index contributed by atoms with van der Waals surface area (Å²) in [5, 5.41) is 4.26. The highest BCUT2D eigenvalue weighted by atomic mass is 16.5. The number of nitrogens with zero attached hydrogens (tertiary/aromatic N) is 3. The fraction of sp³-hybridized carbons (Fsp3) is 0.136. The summed E-state index contributed by atoms with van der Waals surface area (Å²) in [5.74, 6) is 2.09. The molecule has 2 aromatic carbocycles. The third-order valence-electron chi connectivity index (χ3n) is 4.48. The van der Waals surface area contributed by atoms with Crippen LogP contribution in [0, 0.1) is 0 Å². The molecule has 0 radical (unpaired) electrons. The molecule has 7 heteroatoms. The van der Waals surface area contributed by atoms with Gasteiger partial charge >= 0.3 is 0 Å². The third kappa shape index (κ3) is 3.75. The van der Waals surface area contributed by atoms with Crippen LogP contribution in [-0.2, 0) is 0 Å². The summed E-state index contributed by atoms with van der Waals surface area (Å²) in [6.45, 7) is 0. The van der Waals surface area contributed by atoms with Crippen LogP contribution in [-0.4, -0.2) is 36.3 Å². The van der Waals surface area contributed by atoms with Crippen LogP contribution in [0.2, 0.25) is 0 Å². The van der Waals surface area contributed by atoms with Crippen LogP contribution in [0.5, 0.6) is 17.2 Å². The molecule has 7 nitrogen and oxygen atoms in total. The Hall–Kier alpha value is -3.87. The number of hydrogen-bond donors (Lipinski definition) is 1. The van der Waals surface area contributed by atoms with Gasteiger partial charge in [-0.2, -0.15) is 0 Å². The first kappa shape index (κ1) is 18.5. The SMILES string of the molecule is COc1cc(Nc2nccc(-c3ccc4ncccc4c3)n2)cc(OC)c1OC. The van der Waals surface area contributed by atoms with Gasteiger partial charge in [-0.15, -0.1) is 0 Å². The quantitative estimate of drug-likeness (QED) is 0.522. The Morgan fingerprint density at radius 2 is 1.59 bits per heavy atom. The van der Waals surface area contributed by atoms with Crippen molar-refractivity contribution < 1.29 is 14.2 Å². The summed E-state index contributed by atoms with van der Waals surface area (Å²) in [4.78, 5) is 13.3. The molecule has 0 atom stereocenters. The Balaban J connectivity index is 1.67. The first-order valence-electron chi connectivity index (χ1n) is 8.97. The van der Waals surface area contributed by atoms with E-state index in [1.54, 1.807) is 45.9 Å². The zero-order valence-electron chi connectivity index (χ0n) is 16.3. The predicted molar refractivity (Wildman–Crippen MR) is 112 cm³/mol. The summed E-state index contributed by atoms with van der Waals surface area (Å²) >= 11 is 0. The molecule has 0 fully saturated rings. The number of aromatic nitrogens is 3. The summed E-state index contributed by atoms with van der Waals surface area (Å²) in [7, 11) is 4.72. The van der Waals surface area contributed by atoms with Gasteiger partial charge in [0.05, 0.1) is 32.5 Å². The predicted octanol–water partition coefficient (Wildman–Crippen LogP) is 4.46. The number of ether oxygens (including phenoxy) is 3. The monoisotopic (exact) mass is 388 g/mol. The molecule has 0 aliphatic heterocycles. The van der Waals surface area contributed by atoms with Gasteiger partial charge in [0, 0.05) is 41.2 Å². The van der Waals surface area contributed by atoms with E-state index in [2.05, 4.69) is 26.3 Å². The maximum atomic E-state index is 5.40. The second kappa shape index (κ2) is 8.02. The maximum Gasteiger partial charge on any atom is 0.227 e. The molecule has 0 bridgehead atoms. The van der Waals surface area contributed by atoms with Crippen LogP contribution in [0.4, 0.5) is 11.6 Å². The highest BCUT2D eigenvalue weighted by Gasteiger charge is 2.14. The van der Waals surface area contributed by atoms with E-state index in [-0.39, 0.29) is 0 Å². The fourth-order valence-corrected chi connectivity index (χ4v) is 3.10. The summed E-state index contributed by atoms with van der Waals surface area (Å²) < 4.78 is 16.2. The lowest BCUT2D eigenvalue weighted by Crippen LogP contribution is -2.00. The normalized spacial score (nSPS) is 10.6. The maximum absolute atomic E-state index is 5.40. The molecule has 0 amide bonds. The van der Waals surface area contributed by atoms with Gasteiger partial charge in [0.25, 0.3) is 0 Å². The lowest BCUT2D eigenvalue weighted by molar-refractivity contribution is 0.324. The fourth-order valence-electron chi connectivity index (χ4n) is 3.10. The van der Waals surface area contributed by atoms with Crippen molar-refractivity contribution in [3.8, 4) is 28.5 Å². The van der Waals surface area contributed by atoms with E-state index in [9.17, 15) is 0 Å². The number of rotatable bonds is 6. The summed E-state index contributed by atoms with van der Waals surface area (Å²) in [6.07, 6.45) is 3.50. The number of benzene rings is 2. The molecule has 0 aliphatic carbocycles. The number of methoxy groups -OCH3 is 3. The smallest absolute Gasteiger partial charge is 0.227 e. The van der Waals surface area contributed by atoms with Gasteiger partial charge in [0.15, 0.2) is 11.5 Å². The van der Waals surface area contributed by atoms with Crippen LogP contribution >= 0.6 is 0 Å². The third-order valence-corrected chi connectivity index (χ3v) is 4.48. The van der Waals surface area contributed by atoms with Crippen LogP contribution in [0.1, 0.15) is 0 Å². The molecule has 4 rings (SSSR count). The summed E-state index contributed by atoms with van der Waals surface area (Å²) in [6, 6.07) is 15.5. The molecule has 1 N–H and O–H groups in total. The molecule has 146 valence electrons. The van der Waals surface area contributed by atoms with Crippen molar-refractivity contribution in [3.63, 3.8) is 0 Å². The molecular weight excluding hydrogens is 368 g/mol. The van der Waals surface area contributed by atoms with Crippen molar-refractivity contribution >= 4 is 22.5 Å². The van der Waals surface area contributed by atoms with Gasteiger partial charge in [-0.05, 0) is 24.3 Å². The van der Waals surface area contributed by atoms with Crippen LogP contribution in [0.3, 0.4) is 0 Å². The van der Waals surface area contributed by atoms with Crippen molar-refractivity contribution in [2.24, 2.45) is 0 Å². The molecule has 0 saturated carbocycles. The minimum Gasteiger partial charge on any atom is -0.493 e. The average Bonchev–Trinajstić information content (AvgIpc) is 2.78. The minimum absolute atomic E-state index is 0.461. The molecular formula is C22H20N4O3. The van der Waals surface area contributed by atoms with Crippen LogP contribution in [0.15, 0.2) is 60.9 Å². The van der Waals surface area contributed by atoms with Crippen LogP contribution < -0.4 is 19.5 Å². The van der Waals surface area contributed by atoms with E-state index in [0.717, 1.165) is 27.8 Å². The van der Waals surface area contributed by atoms with E-state index in [1.165, 1.54) is 0 Å². The molecule has 29 heavy (non-hydrogen) atoms. The Morgan fingerprint density at radius 3 is 2.31 bits per heavy atom. The van der Waals surface area contributed by atoms with Gasteiger partial charge in [-0.3, -0.25) is 4.98 Å². The zero-order chi connectivity index (χ0) is 20.2. The molecule has 0 aliphatic rings. The summed E-state index contributed by atoms with van der Waals surface area (Å²) in [5.41, 5.74) is 3.46. The number of nitrogens with one attached hydrogen (secondary N) is 1. The first-order chi connectivity index (χ1) is 14.2. The van der Waals surface area contributed by atoms with Crippen molar-refractivity contribution in [2.75, 3.05) is 26.6 Å². The van der Waals surface area contributed by atoms with Gasteiger partial charge < -0.3 is 19.5 Å². The molecule has 2 heterocycles. The van der Waals surface area contributed by atoms with Crippen molar-refractivity contribution in [1.29, 1.82) is 0 Å². The highest BCUT2D eigenvalue weighted by molar-refractivity contribution is 5.83. The van der Waals surface area contributed by atoms with E-state index >= 15 is 0 Å². The molecule has 0 saturated heterocycles. The largest absolute Gasteiger partial charge is 0.493 e. The lowest BCUT2D eigenvalue weighted by Gasteiger charge is -2.14. The average molecular weight is 388 g/mol.